The number of hydrogen-bond donors (Lipinski definition) is 1. The highest BCUT2D eigenvalue weighted by Gasteiger charge is 2.35. The number of halogens is 1. The monoisotopic (exact) mass is 270 g/mol. The number of carbonyl (C=O) groups is 1. The number of nitrogens with zero attached hydrogens (tertiary/aromatic N) is 2. The summed E-state index contributed by atoms with van der Waals surface area (Å²) in [7, 11) is 3.13. The Morgan fingerprint density at radius 3 is 2.47 bits per heavy atom. The molecule has 2 rings (SSSR count). The Labute approximate surface area is 109 Å². The Balaban J connectivity index is 2.30. The van der Waals surface area contributed by atoms with Gasteiger partial charge in [0.1, 0.15) is 29.4 Å². The van der Waals surface area contributed by atoms with Crippen molar-refractivity contribution in [3.63, 3.8) is 0 Å². The fourth-order valence-corrected chi connectivity index (χ4v) is 2.21. The van der Waals surface area contributed by atoms with Crippen LogP contribution in [0.5, 0.6) is 0 Å². The van der Waals surface area contributed by atoms with Crippen molar-refractivity contribution in [2.45, 2.75) is 12.2 Å². The van der Waals surface area contributed by atoms with Gasteiger partial charge >= 0.3 is 5.97 Å². The number of aromatic nitrogens is 1. The zero-order chi connectivity index (χ0) is 14.0. The molecule has 6 nitrogen and oxygen atoms in total. The van der Waals surface area contributed by atoms with Gasteiger partial charge in [0, 0.05) is 27.3 Å². The van der Waals surface area contributed by atoms with Crippen LogP contribution in [0.25, 0.3) is 0 Å². The van der Waals surface area contributed by atoms with Crippen molar-refractivity contribution in [1.29, 1.82) is 0 Å². The number of methoxy groups -OCH3 is 2. The molecular weight excluding hydrogens is 255 g/mol. The first kappa shape index (κ1) is 13.7. The molecule has 2 heterocycles. The third kappa shape index (κ3) is 2.66. The minimum absolute atomic E-state index is 0.161. The zero-order valence-electron chi connectivity index (χ0n) is 10.7. The summed E-state index contributed by atoms with van der Waals surface area (Å²) < 4.78 is 23.6. The number of anilines is 1. The summed E-state index contributed by atoms with van der Waals surface area (Å²) in [6.07, 6.45) is 0.668. The van der Waals surface area contributed by atoms with E-state index in [9.17, 15) is 9.18 Å². The van der Waals surface area contributed by atoms with Crippen LogP contribution in [-0.2, 0) is 9.47 Å². The van der Waals surface area contributed by atoms with Crippen LogP contribution < -0.4 is 4.90 Å². The second kappa shape index (κ2) is 5.50. The molecule has 1 aromatic rings. The van der Waals surface area contributed by atoms with Gasteiger partial charge in [-0.3, -0.25) is 0 Å². The van der Waals surface area contributed by atoms with E-state index in [1.807, 2.05) is 0 Å². The Morgan fingerprint density at radius 2 is 2.00 bits per heavy atom. The second-order valence-corrected chi connectivity index (χ2v) is 4.28. The molecule has 0 aliphatic carbocycles. The van der Waals surface area contributed by atoms with E-state index < -0.39 is 11.8 Å². The van der Waals surface area contributed by atoms with Crippen LogP contribution in [0, 0.1) is 5.82 Å². The lowest BCUT2D eigenvalue weighted by atomic mass is 10.2. The van der Waals surface area contributed by atoms with Crippen molar-refractivity contribution in [2.75, 3.05) is 32.2 Å². The maximum Gasteiger partial charge on any atom is 0.339 e. The van der Waals surface area contributed by atoms with E-state index >= 15 is 0 Å². The first-order valence-corrected chi connectivity index (χ1v) is 5.76. The third-order valence-corrected chi connectivity index (χ3v) is 3.18. The largest absolute Gasteiger partial charge is 0.478 e. The van der Waals surface area contributed by atoms with Crippen molar-refractivity contribution < 1.29 is 23.8 Å². The molecule has 2 atom stereocenters. The van der Waals surface area contributed by atoms with Gasteiger partial charge in [0.2, 0.25) is 0 Å². The van der Waals surface area contributed by atoms with Crippen LogP contribution in [0.2, 0.25) is 0 Å². The van der Waals surface area contributed by atoms with E-state index in [2.05, 4.69) is 4.98 Å². The summed E-state index contributed by atoms with van der Waals surface area (Å²) in [6.45, 7) is 0.905. The fourth-order valence-electron chi connectivity index (χ4n) is 2.21. The molecule has 0 amide bonds. The molecule has 0 saturated carbocycles. The quantitative estimate of drug-likeness (QED) is 0.871. The third-order valence-electron chi connectivity index (χ3n) is 3.18. The normalized spacial score (nSPS) is 22.8. The van der Waals surface area contributed by atoms with Crippen molar-refractivity contribution in [1.82, 2.24) is 4.98 Å². The maximum absolute atomic E-state index is 13.1. The zero-order valence-corrected chi connectivity index (χ0v) is 10.7. The molecule has 1 aromatic heterocycles. The molecule has 1 fully saturated rings. The summed E-state index contributed by atoms with van der Waals surface area (Å²) in [5.74, 6) is -1.65. The molecule has 19 heavy (non-hydrogen) atoms. The Kier molecular flexibility index (Phi) is 3.96. The van der Waals surface area contributed by atoms with Crippen LogP contribution in [-0.4, -0.2) is 55.6 Å². The highest BCUT2D eigenvalue weighted by molar-refractivity contribution is 5.93. The highest BCUT2D eigenvalue weighted by Crippen LogP contribution is 2.25. The van der Waals surface area contributed by atoms with Crippen LogP contribution in [0.1, 0.15) is 10.4 Å². The van der Waals surface area contributed by atoms with Crippen LogP contribution >= 0.6 is 0 Å². The molecule has 0 aromatic carbocycles. The van der Waals surface area contributed by atoms with E-state index in [1.165, 1.54) is 0 Å². The van der Waals surface area contributed by atoms with Gasteiger partial charge in [-0.05, 0) is 6.07 Å². The van der Waals surface area contributed by atoms with Crippen molar-refractivity contribution >= 4 is 11.8 Å². The topological polar surface area (TPSA) is 71.9 Å². The van der Waals surface area contributed by atoms with E-state index in [-0.39, 0.29) is 23.6 Å². The van der Waals surface area contributed by atoms with Crippen molar-refractivity contribution in [3.05, 3.63) is 23.6 Å². The number of carboxylic acid groups (broad SMARTS) is 1. The van der Waals surface area contributed by atoms with Crippen molar-refractivity contribution in [3.8, 4) is 0 Å². The lowest BCUT2D eigenvalue weighted by molar-refractivity contribution is -0.00461. The lowest BCUT2D eigenvalue weighted by Crippen LogP contribution is -2.27. The second-order valence-electron chi connectivity index (χ2n) is 4.28. The van der Waals surface area contributed by atoms with Crippen LogP contribution in [0.15, 0.2) is 12.3 Å². The molecule has 1 aliphatic heterocycles. The fraction of sp³-hybridized carbons (Fsp3) is 0.500. The Morgan fingerprint density at radius 1 is 1.42 bits per heavy atom. The number of ether oxygens (including phenoxy) is 2. The van der Waals surface area contributed by atoms with Gasteiger partial charge in [0.15, 0.2) is 0 Å². The van der Waals surface area contributed by atoms with E-state index in [0.717, 1.165) is 12.3 Å². The van der Waals surface area contributed by atoms with Gasteiger partial charge in [-0.15, -0.1) is 0 Å². The number of hydrogen-bond acceptors (Lipinski definition) is 5. The first-order valence-electron chi connectivity index (χ1n) is 5.76. The Hall–Kier alpha value is -1.73. The molecule has 7 heteroatoms. The highest BCUT2D eigenvalue weighted by atomic mass is 19.1. The average molecular weight is 270 g/mol. The molecule has 1 saturated heterocycles. The summed E-state index contributed by atoms with van der Waals surface area (Å²) in [4.78, 5) is 16.7. The Bertz CT molecular complexity index is 471. The van der Waals surface area contributed by atoms with Gasteiger partial charge in [-0.25, -0.2) is 14.2 Å². The molecule has 0 spiro atoms. The number of pyridine rings is 1. The van der Waals surface area contributed by atoms with E-state index in [0.29, 0.717) is 13.1 Å². The van der Waals surface area contributed by atoms with Gasteiger partial charge in [-0.2, -0.15) is 0 Å². The van der Waals surface area contributed by atoms with Gasteiger partial charge < -0.3 is 19.5 Å². The molecular formula is C12H15FN2O4. The minimum Gasteiger partial charge on any atom is -0.478 e. The molecule has 0 bridgehead atoms. The number of rotatable bonds is 4. The average Bonchev–Trinajstić information content (AvgIpc) is 2.81. The number of aromatic carboxylic acids is 1. The number of carboxylic acids is 1. The predicted molar refractivity (Wildman–Crippen MR) is 65.0 cm³/mol. The summed E-state index contributed by atoms with van der Waals surface area (Å²) in [6, 6.07) is 0.965. The van der Waals surface area contributed by atoms with Gasteiger partial charge in [0.25, 0.3) is 0 Å². The van der Waals surface area contributed by atoms with Gasteiger partial charge in [-0.1, -0.05) is 0 Å². The molecule has 104 valence electrons. The van der Waals surface area contributed by atoms with Crippen molar-refractivity contribution in [2.24, 2.45) is 0 Å². The summed E-state index contributed by atoms with van der Waals surface area (Å²) >= 11 is 0. The summed E-state index contributed by atoms with van der Waals surface area (Å²) in [5.41, 5.74) is -0.161. The first-order chi connectivity index (χ1) is 9.06. The molecule has 2 unspecified atom stereocenters. The van der Waals surface area contributed by atoms with Gasteiger partial charge in [0.05, 0.1) is 6.20 Å². The molecule has 1 aliphatic rings. The standard InChI is InChI=1S/C12H15FN2O4/c1-18-9-5-15(6-10(9)19-2)11-8(12(16)17)3-7(13)4-14-11/h3-4,9-10H,5-6H2,1-2H3,(H,16,17). The molecule has 1 N–H and O–H groups in total. The lowest BCUT2D eigenvalue weighted by Gasteiger charge is -2.18. The summed E-state index contributed by atoms with van der Waals surface area (Å²) in [5, 5.41) is 9.10. The maximum atomic E-state index is 13.1. The van der Waals surface area contributed by atoms with Crippen LogP contribution in [0.4, 0.5) is 10.2 Å². The molecule has 0 radical (unpaired) electrons. The van der Waals surface area contributed by atoms with E-state index in [4.69, 9.17) is 14.6 Å². The smallest absolute Gasteiger partial charge is 0.339 e. The van der Waals surface area contributed by atoms with Crippen LogP contribution in [0.3, 0.4) is 0 Å². The minimum atomic E-state index is -1.21. The SMILES string of the molecule is COC1CN(c2ncc(F)cc2C(=O)O)CC1OC. The van der Waals surface area contributed by atoms with E-state index in [1.54, 1.807) is 19.1 Å². The predicted octanol–water partition coefficient (Wildman–Crippen LogP) is 0.769.